The molecule has 1 aromatic heterocycles. The summed E-state index contributed by atoms with van der Waals surface area (Å²) in [6.07, 6.45) is 6.27. The number of hydrogen-bond acceptors (Lipinski definition) is 9. The molecule has 11 nitrogen and oxygen atoms in total. The van der Waals surface area contributed by atoms with Gasteiger partial charge in [-0.2, -0.15) is 0 Å². The summed E-state index contributed by atoms with van der Waals surface area (Å²) in [6.45, 7) is 1.39. The number of nitrogens with zero attached hydrogens (tertiary/aromatic N) is 3. The van der Waals surface area contributed by atoms with Crippen LogP contribution < -0.4 is 20.9 Å². The zero-order valence-corrected chi connectivity index (χ0v) is 22.5. The first kappa shape index (κ1) is 27.0. The van der Waals surface area contributed by atoms with Gasteiger partial charge in [0.05, 0.1) is 54.6 Å². The molecule has 12 heteroatoms. The minimum Gasteiger partial charge on any atom is -0.497 e. The number of anilines is 1. The summed E-state index contributed by atoms with van der Waals surface area (Å²) in [5, 5.41) is 16.1. The Balaban J connectivity index is 1.32. The van der Waals surface area contributed by atoms with Crippen molar-refractivity contribution in [1.29, 1.82) is 0 Å². The second-order valence-corrected chi connectivity index (χ2v) is 9.55. The van der Waals surface area contributed by atoms with E-state index in [0.29, 0.717) is 44.8 Å². The highest BCUT2D eigenvalue weighted by Crippen LogP contribution is 2.37. The van der Waals surface area contributed by atoms with Crippen molar-refractivity contribution in [2.24, 2.45) is 0 Å². The van der Waals surface area contributed by atoms with E-state index in [2.05, 4.69) is 26.1 Å². The lowest BCUT2D eigenvalue weighted by atomic mass is 10.0. The van der Waals surface area contributed by atoms with Crippen LogP contribution in [0.1, 0.15) is 40.5 Å². The van der Waals surface area contributed by atoms with E-state index in [1.165, 1.54) is 17.4 Å². The van der Waals surface area contributed by atoms with Crippen molar-refractivity contribution >= 4 is 29.4 Å². The number of carbonyl (C=O) groups is 2. The molecule has 3 aromatic rings. The summed E-state index contributed by atoms with van der Waals surface area (Å²) in [7, 11) is 1.55. The summed E-state index contributed by atoms with van der Waals surface area (Å²) >= 11 is 6.43. The van der Waals surface area contributed by atoms with E-state index in [-0.39, 0.29) is 25.1 Å². The molecular weight excluding hydrogens is 536 g/mol. The lowest BCUT2D eigenvalue weighted by Gasteiger charge is -2.23. The van der Waals surface area contributed by atoms with Crippen molar-refractivity contribution in [1.82, 2.24) is 25.7 Å². The highest BCUT2D eigenvalue weighted by Gasteiger charge is 2.35. The molecule has 3 heterocycles. The topological polar surface area (TPSA) is 138 Å². The number of allylic oxidation sites excluding steroid dienone is 1. The number of amides is 2. The van der Waals surface area contributed by atoms with Crippen LogP contribution in [0.5, 0.6) is 5.75 Å². The van der Waals surface area contributed by atoms with Crippen LogP contribution in [0.15, 0.2) is 72.9 Å². The molecule has 2 atom stereocenters. The summed E-state index contributed by atoms with van der Waals surface area (Å²) in [5.74, 6) is 0.247. The molecule has 1 unspecified atom stereocenters. The second-order valence-electron chi connectivity index (χ2n) is 9.14. The van der Waals surface area contributed by atoms with Gasteiger partial charge >= 0.3 is 0 Å². The number of aromatic nitrogens is 2. The zero-order chi connectivity index (χ0) is 28.2. The van der Waals surface area contributed by atoms with Gasteiger partial charge < -0.3 is 30.2 Å². The Morgan fingerprint density at radius 2 is 2.15 bits per heavy atom. The molecule has 0 bridgehead atoms. The van der Waals surface area contributed by atoms with Gasteiger partial charge in [-0.05, 0) is 36.2 Å². The monoisotopic (exact) mass is 562 g/mol. The number of fused-ring (bicyclic) bond motifs is 1. The number of nitrogens with one attached hydrogen (secondary N) is 3. The normalized spacial score (nSPS) is 16.4. The molecule has 5 rings (SSSR count). The van der Waals surface area contributed by atoms with Crippen molar-refractivity contribution in [3.8, 4) is 17.0 Å². The van der Waals surface area contributed by atoms with Crippen molar-refractivity contribution in [3.05, 3.63) is 94.6 Å². The van der Waals surface area contributed by atoms with E-state index in [1.807, 2.05) is 19.1 Å². The summed E-state index contributed by atoms with van der Waals surface area (Å²) in [5.41, 5.74) is 6.33. The molecule has 0 fully saturated rings. The fraction of sp³-hybridized carbons (Fsp3) is 0.214. The Morgan fingerprint density at radius 1 is 1.30 bits per heavy atom. The molecule has 0 saturated carbocycles. The number of benzene rings is 2. The van der Waals surface area contributed by atoms with E-state index in [9.17, 15) is 14.7 Å². The lowest BCUT2D eigenvalue weighted by Crippen LogP contribution is -2.41. The van der Waals surface area contributed by atoms with Crippen LogP contribution in [0, 0.1) is 0 Å². The molecule has 0 saturated heterocycles. The molecule has 0 spiro atoms. The molecule has 4 N–H and O–H groups in total. The number of rotatable bonds is 9. The van der Waals surface area contributed by atoms with Gasteiger partial charge in [-0.3, -0.25) is 9.59 Å². The number of methoxy groups -OCH3 is 1. The van der Waals surface area contributed by atoms with E-state index < -0.39 is 11.9 Å². The first-order chi connectivity index (χ1) is 19.4. The van der Waals surface area contributed by atoms with Gasteiger partial charge in [0, 0.05) is 17.2 Å². The van der Waals surface area contributed by atoms with Crippen LogP contribution in [0.2, 0.25) is 5.02 Å². The molecule has 2 aliphatic rings. The van der Waals surface area contributed by atoms with Crippen LogP contribution in [-0.4, -0.2) is 52.1 Å². The molecule has 206 valence electrons. The van der Waals surface area contributed by atoms with Crippen molar-refractivity contribution < 1.29 is 24.3 Å². The van der Waals surface area contributed by atoms with Crippen LogP contribution >= 0.6 is 11.6 Å². The third kappa shape index (κ3) is 5.56. The lowest BCUT2D eigenvalue weighted by molar-refractivity contribution is -0.123. The third-order valence-electron chi connectivity index (χ3n) is 6.66. The fourth-order valence-electron chi connectivity index (χ4n) is 4.58. The van der Waals surface area contributed by atoms with Gasteiger partial charge in [0.15, 0.2) is 0 Å². The molecular formula is C28H27ClN6O5. The number of halogens is 1. The van der Waals surface area contributed by atoms with E-state index >= 15 is 0 Å². The first-order valence-electron chi connectivity index (χ1n) is 12.4. The Kier molecular flexibility index (Phi) is 7.85. The summed E-state index contributed by atoms with van der Waals surface area (Å²) in [6, 6.07) is 11.5. The fourth-order valence-corrected chi connectivity index (χ4v) is 4.78. The van der Waals surface area contributed by atoms with Crippen molar-refractivity contribution in [2.75, 3.05) is 25.6 Å². The summed E-state index contributed by atoms with van der Waals surface area (Å²) < 4.78 is 5.24. The van der Waals surface area contributed by atoms with Gasteiger partial charge in [0.25, 0.3) is 5.91 Å². The van der Waals surface area contributed by atoms with Gasteiger partial charge in [-0.15, -0.1) is 0 Å². The van der Waals surface area contributed by atoms with Crippen molar-refractivity contribution in [2.45, 2.75) is 19.0 Å². The first-order valence-corrected chi connectivity index (χ1v) is 12.8. The zero-order valence-electron chi connectivity index (χ0n) is 21.7. The Morgan fingerprint density at radius 3 is 2.90 bits per heavy atom. The maximum Gasteiger partial charge on any atom is 0.255 e. The van der Waals surface area contributed by atoms with Gasteiger partial charge in [-0.25, -0.2) is 15.4 Å². The van der Waals surface area contributed by atoms with Crippen LogP contribution in [0.3, 0.4) is 0 Å². The number of aliphatic hydroxyl groups excluding tert-OH is 1. The van der Waals surface area contributed by atoms with Gasteiger partial charge in [-0.1, -0.05) is 35.9 Å². The van der Waals surface area contributed by atoms with E-state index in [4.69, 9.17) is 21.2 Å². The molecule has 2 aliphatic heterocycles. The predicted molar refractivity (Wildman–Crippen MR) is 148 cm³/mol. The second kappa shape index (κ2) is 11.6. The van der Waals surface area contributed by atoms with E-state index in [0.717, 1.165) is 5.56 Å². The molecule has 2 amide bonds. The average Bonchev–Trinajstić information content (AvgIpc) is 3.21. The minimum atomic E-state index is -0.643. The average molecular weight is 563 g/mol. The quantitative estimate of drug-likeness (QED) is 0.309. The SMILES string of the molecule is COc1cccc([C@@H](CO)NC(=O)CN2C(=O)c3cc(-c4nc(NC5=CNOC=C5)ncc4Cl)ccc3C2C)c1. The maximum atomic E-state index is 13.4. The minimum absolute atomic E-state index is 0.173. The highest BCUT2D eigenvalue weighted by molar-refractivity contribution is 6.33. The van der Waals surface area contributed by atoms with Crippen LogP contribution in [0.4, 0.5) is 5.95 Å². The number of aliphatic hydroxyl groups is 1. The molecule has 0 radical (unpaired) electrons. The number of carbonyl (C=O) groups excluding carboxylic acids is 2. The van der Waals surface area contributed by atoms with Crippen LogP contribution in [0.25, 0.3) is 11.3 Å². The number of hydroxylamine groups is 1. The predicted octanol–water partition coefficient (Wildman–Crippen LogP) is 3.47. The number of hydrogen-bond donors (Lipinski definition) is 4. The highest BCUT2D eigenvalue weighted by atomic mass is 35.5. The van der Waals surface area contributed by atoms with Crippen molar-refractivity contribution in [3.63, 3.8) is 0 Å². The number of ether oxygens (including phenoxy) is 1. The Bertz CT molecular complexity index is 1510. The van der Waals surface area contributed by atoms with Gasteiger partial charge in [0.2, 0.25) is 11.9 Å². The maximum absolute atomic E-state index is 13.4. The Hall–Kier alpha value is -4.61. The van der Waals surface area contributed by atoms with E-state index in [1.54, 1.807) is 49.7 Å². The third-order valence-corrected chi connectivity index (χ3v) is 6.94. The largest absolute Gasteiger partial charge is 0.497 e. The molecule has 2 aromatic carbocycles. The van der Waals surface area contributed by atoms with Crippen LogP contribution in [-0.2, 0) is 9.63 Å². The standard InChI is InChI=1S/C28H27ClN6O5/c1-16-21-7-6-18(26-23(29)13-30-28(34-26)32-19-8-9-40-31-12-19)11-22(21)27(38)35(16)14-25(37)33-24(15-36)17-4-3-5-20(10-17)39-2/h3-13,16,24,31,36H,14-15H2,1-2H3,(H,33,37)(H,30,32,34)/t16?,24-/m1/s1. The molecule has 40 heavy (non-hydrogen) atoms. The smallest absolute Gasteiger partial charge is 0.255 e. The summed E-state index contributed by atoms with van der Waals surface area (Å²) in [4.78, 5) is 41.5. The van der Waals surface area contributed by atoms with Gasteiger partial charge in [0.1, 0.15) is 18.6 Å². The Labute approximate surface area is 235 Å². The molecule has 0 aliphatic carbocycles.